The summed E-state index contributed by atoms with van der Waals surface area (Å²) in [5, 5.41) is 3.28. The Hall–Kier alpha value is -1.62. The molecule has 1 aliphatic rings. The molecule has 2 rings (SSSR count). The normalized spacial score (nSPS) is 25.3. The van der Waals surface area contributed by atoms with E-state index in [-0.39, 0.29) is 23.9 Å². The quantitative estimate of drug-likeness (QED) is 0.875. The van der Waals surface area contributed by atoms with Crippen LogP contribution in [-0.2, 0) is 4.79 Å². The summed E-state index contributed by atoms with van der Waals surface area (Å²) in [4.78, 5) is 11.8. The van der Waals surface area contributed by atoms with Gasteiger partial charge in [0, 0.05) is 12.5 Å². The van der Waals surface area contributed by atoms with Crippen molar-refractivity contribution in [2.45, 2.75) is 57.7 Å². The molecule has 0 aliphatic heterocycles. The van der Waals surface area contributed by atoms with E-state index in [2.05, 4.69) is 5.32 Å². The fraction of sp³-hybridized carbons (Fsp3) is 0.562. The standard InChI is InChI=1S/C16H23FN2O2/c1-10(2)19-16(15(18)20)7-6-13(9-16)21-14-5-4-12(17)8-11(14)3/h4-5,8,10,13,19H,6-7,9H2,1-3H3,(H2,18,20). The summed E-state index contributed by atoms with van der Waals surface area (Å²) in [7, 11) is 0. The molecule has 0 saturated heterocycles. The second-order valence-corrected chi connectivity index (χ2v) is 6.14. The van der Waals surface area contributed by atoms with Gasteiger partial charge in [-0.3, -0.25) is 4.79 Å². The van der Waals surface area contributed by atoms with Crippen LogP contribution in [0.15, 0.2) is 18.2 Å². The Bertz CT molecular complexity index is 533. The predicted molar refractivity (Wildman–Crippen MR) is 79.6 cm³/mol. The van der Waals surface area contributed by atoms with Crippen molar-refractivity contribution in [2.75, 3.05) is 0 Å². The average Bonchev–Trinajstić information content (AvgIpc) is 2.76. The van der Waals surface area contributed by atoms with Gasteiger partial charge in [-0.05, 0) is 57.4 Å². The molecule has 1 aromatic rings. The van der Waals surface area contributed by atoms with Gasteiger partial charge >= 0.3 is 0 Å². The lowest BCUT2D eigenvalue weighted by atomic mass is 9.95. The number of aryl methyl sites for hydroxylation is 1. The highest BCUT2D eigenvalue weighted by Crippen LogP contribution is 2.34. The van der Waals surface area contributed by atoms with Gasteiger partial charge in [0.05, 0.1) is 0 Å². The second kappa shape index (κ2) is 6.02. The number of amides is 1. The molecule has 0 spiro atoms. The summed E-state index contributed by atoms with van der Waals surface area (Å²) >= 11 is 0. The first kappa shape index (κ1) is 15.8. The van der Waals surface area contributed by atoms with Gasteiger partial charge in [0.15, 0.2) is 0 Å². The van der Waals surface area contributed by atoms with Crippen molar-refractivity contribution in [3.05, 3.63) is 29.6 Å². The molecule has 0 aromatic heterocycles. The molecule has 1 aromatic carbocycles. The first-order valence-corrected chi connectivity index (χ1v) is 7.33. The minimum absolute atomic E-state index is 0.0899. The Morgan fingerprint density at radius 2 is 2.24 bits per heavy atom. The van der Waals surface area contributed by atoms with Crippen LogP contribution in [0, 0.1) is 12.7 Å². The highest BCUT2D eigenvalue weighted by molar-refractivity contribution is 5.85. The van der Waals surface area contributed by atoms with Crippen molar-refractivity contribution in [3.63, 3.8) is 0 Å². The summed E-state index contributed by atoms with van der Waals surface area (Å²) in [5.41, 5.74) is 5.63. The molecule has 4 nitrogen and oxygen atoms in total. The van der Waals surface area contributed by atoms with Crippen LogP contribution in [0.25, 0.3) is 0 Å². The lowest BCUT2D eigenvalue weighted by Gasteiger charge is -2.29. The first-order valence-electron chi connectivity index (χ1n) is 7.33. The summed E-state index contributed by atoms with van der Waals surface area (Å²) in [5.74, 6) is 0.0450. The van der Waals surface area contributed by atoms with E-state index in [0.29, 0.717) is 18.6 Å². The van der Waals surface area contributed by atoms with E-state index in [1.807, 2.05) is 13.8 Å². The van der Waals surface area contributed by atoms with E-state index in [0.717, 1.165) is 12.0 Å². The molecule has 2 unspecified atom stereocenters. The van der Waals surface area contributed by atoms with Gasteiger partial charge in [0.2, 0.25) is 5.91 Å². The lowest BCUT2D eigenvalue weighted by Crippen LogP contribution is -2.56. The third kappa shape index (κ3) is 3.53. The molecule has 1 aliphatic carbocycles. The number of nitrogens with two attached hydrogens (primary N) is 1. The zero-order valence-electron chi connectivity index (χ0n) is 12.8. The first-order chi connectivity index (χ1) is 9.82. The average molecular weight is 294 g/mol. The van der Waals surface area contributed by atoms with Crippen molar-refractivity contribution in [2.24, 2.45) is 5.73 Å². The van der Waals surface area contributed by atoms with Crippen LogP contribution >= 0.6 is 0 Å². The van der Waals surface area contributed by atoms with Gasteiger partial charge in [0.1, 0.15) is 23.2 Å². The van der Waals surface area contributed by atoms with Crippen LogP contribution in [0.5, 0.6) is 5.75 Å². The van der Waals surface area contributed by atoms with E-state index >= 15 is 0 Å². The Morgan fingerprint density at radius 1 is 1.52 bits per heavy atom. The SMILES string of the molecule is Cc1cc(F)ccc1OC1CCC(NC(C)C)(C(N)=O)C1. The molecule has 1 amide bonds. The zero-order chi connectivity index (χ0) is 15.6. The number of nitrogens with one attached hydrogen (secondary N) is 1. The van der Waals surface area contributed by atoms with E-state index in [9.17, 15) is 9.18 Å². The van der Waals surface area contributed by atoms with Gasteiger partial charge in [-0.25, -0.2) is 4.39 Å². The molecule has 0 radical (unpaired) electrons. The number of carbonyl (C=O) groups excluding carboxylic acids is 1. The van der Waals surface area contributed by atoms with E-state index in [1.165, 1.54) is 12.1 Å². The Labute approximate surface area is 124 Å². The maximum Gasteiger partial charge on any atom is 0.237 e. The Balaban J connectivity index is 2.09. The maximum absolute atomic E-state index is 13.1. The van der Waals surface area contributed by atoms with Gasteiger partial charge in [-0.2, -0.15) is 0 Å². The highest BCUT2D eigenvalue weighted by Gasteiger charge is 2.45. The van der Waals surface area contributed by atoms with E-state index in [4.69, 9.17) is 10.5 Å². The molecule has 21 heavy (non-hydrogen) atoms. The molecule has 0 heterocycles. The van der Waals surface area contributed by atoms with Crippen LogP contribution in [-0.4, -0.2) is 23.6 Å². The molecule has 3 N–H and O–H groups in total. The van der Waals surface area contributed by atoms with Crippen molar-refractivity contribution in [3.8, 4) is 5.75 Å². The number of rotatable bonds is 5. The molecule has 5 heteroatoms. The van der Waals surface area contributed by atoms with Crippen molar-refractivity contribution < 1.29 is 13.9 Å². The molecule has 116 valence electrons. The van der Waals surface area contributed by atoms with Crippen molar-refractivity contribution in [1.82, 2.24) is 5.32 Å². The number of carbonyl (C=O) groups is 1. The Kier molecular flexibility index (Phi) is 4.52. The summed E-state index contributed by atoms with van der Waals surface area (Å²) < 4.78 is 19.0. The molecule has 1 fully saturated rings. The predicted octanol–water partition coefficient (Wildman–Crippen LogP) is 2.29. The maximum atomic E-state index is 13.1. The van der Waals surface area contributed by atoms with Crippen LogP contribution < -0.4 is 15.8 Å². The van der Waals surface area contributed by atoms with Gasteiger partial charge < -0.3 is 15.8 Å². The highest BCUT2D eigenvalue weighted by atomic mass is 19.1. The fourth-order valence-corrected chi connectivity index (χ4v) is 3.00. The largest absolute Gasteiger partial charge is 0.490 e. The lowest BCUT2D eigenvalue weighted by molar-refractivity contribution is -0.124. The minimum Gasteiger partial charge on any atom is -0.490 e. The van der Waals surface area contributed by atoms with E-state index in [1.54, 1.807) is 13.0 Å². The fourth-order valence-electron chi connectivity index (χ4n) is 3.00. The number of halogens is 1. The van der Waals surface area contributed by atoms with Gasteiger partial charge in [-0.15, -0.1) is 0 Å². The van der Waals surface area contributed by atoms with Crippen molar-refractivity contribution in [1.29, 1.82) is 0 Å². The van der Waals surface area contributed by atoms with Crippen LogP contribution in [0.3, 0.4) is 0 Å². The minimum atomic E-state index is -0.702. The second-order valence-electron chi connectivity index (χ2n) is 6.14. The monoisotopic (exact) mass is 294 g/mol. The summed E-state index contributed by atoms with van der Waals surface area (Å²) in [6.07, 6.45) is 1.86. The third-order valence-electron chi connectivity index (χ3n) is 3.94. The summed E-state index contributed by atoms with van der Waals surface area (Å²) in [6.45, 7) is 5.78. The number of ether oxygens (including phenoxy) is 1. The molecule has 2 atom stereocenters. The summed E-state index contributed by atoms with van der Waals surface area (Å²) in [6, 6.07) is 4.62. The van der Waals surface area contributed by atoms with Gasteiger partial charge in [-0.1, -0.05) is 0 Å². The van der Waals surface area contributed by atoms with E-state index < -0.39 is 5.54 Å². The zero-order valence-corrected chi connectivity index (χ0v) is 12.8. The topological polar surface area (TPSA) is 64.3 Å². The third-order valence-corrected chi connectivity index (χ3v) is 3.94. The number of hydrogen-bond donors (Lipinski definition) is 2. The number of hydrogen-bond acceptors (Lipinski definition) is 3. The van der Waals surface area contributed by atoms with Crippen LogP contribution in [0.1, 0.15) is 38.7 Å². The van der Waals surface area contributed by atoms with Crippen LogP contribution in [0.4, 0.5) is 4.39 Å². The number of benzene rings is 1. The molecular formula is C16H23FN2O2. The molecular weight excluding hydrogens is 271 g/mol. The molecule has 1 saturated carbocycles. The molecule has 0 bridgehead atoms. The van der Waals surface area contributed by atoms with Crippen molar-refractivity contribution >= 4 is 5.91 Å². The smallest absolute Gasteiger partial charge is 0.237 e. The number of primary amides is 1. The Morgan fingerprint density at radius 3 is 2.81 bits per heavy atom. The van der Waals surface area contributed by atoms with Crippen LogP contribution in [0.2, 0.25) is 0 Å². The van der Waals surface area contributed by atoms with Gasteiger partial charge in [0.25, 0.3) is 0 Å².